The lowest BCUT2D eigenvalue weighted by Gasteiger charge is -2.40. The van der Waals surface area contributed by atoms with E-state index in [1.54, 1.807) is 35.7 Å². The molecule has 2 N–H and O–H groups in total. The second kappa shape index (κ2) is 8.11. The van der Waals surface area contributed by atoms with Crippen molar-refractivity contribution in [3.63, 3.8) is 0 Å². The van der Waals surface area contributed by atoms with Gasteiger partial charge in [-0.1, -0.05) is 24.3 Å². The van der Waals surface area contributed by atoms with Gasteiger partial charge in [0.1, 0.15) is 5.82 Å². The lowest BCUT2D eigenvalue weighted by atomic mass is 10.0. The van der Waals surface area contributed by atoms with E-state index < -0.39 is 7.49 Å². The lowest BCUT2D eigenvalue weighted by Crippen LogP contribution is -2.40. The lowest BCUT2D eigenvalue weighted by molar-refractivity contribution is 0.586. The van der Waals surface area contributed by atoms with Crippen molar-refractivity contribution >= 4 is 40.0 Å². The van der Waals surface area contributed by atoms with Crippen LogP contribution in [0.2, 0.25) is 0 Å². The van der Waals surface area contributed by atoms with Gasteiger partial charge < -0.3 is 9.79 Å². The van der Waals surface area contributed by atoms with Crippen molar-refractivity contribution in [1.29, 1.82) is 0 Å². The number of benzene rings is 2. The van der Waals surface area contributed by atoms with Crippen molar-refractivity contribution < 1.29 is 9.28 Å². The predicted octanol–water partition coefficient (Wildman–Crippen LogP) is 3.18. The van der Waals surface area contributed by atoms with Gasteiger partial charge in [0, 0.05) is 61.6 Å². The van der Waals surface area contributed by atoms with Crippen molar-refractivity contribution in [2.75, 3.05) is 30.3 Å². The number of hydrogen-bond acceptors (Lipinski definition) is 6. The number of fused-ring (bicyclic) bond motifs is 1. The number of halogens is 1. The van der Waals surface area contributed by atoms with Crippen LogP contribution < -0.4 is 15.8 Å². The highest BCUT2D eigenvalue weighted by molar-refractivity contribution is 7.77. The number of aromatic nitrogens is 3. The van der Waals surface area contributed by atoms with E-state index in [0.717, 1.165) is 21.8 Å². The molecule has 0 spiro atoms. The first kappa shape index (κ1) is 20.2. The molecular formula is C22H21FN4O2PS. The second-order valence-corrected chi connectivity index (χ2v) is 11.8. The Kier molecular flexibility index (Phi) is 5.30. The molecule has 0 bridgehead atoms. The van der Waals surface area contributed by atoms with E-state index in [1.807, 2.05) is 23.6 Å². The summed E-state index contributed by atoms with van der Waals surface area (Å²) in [4.78, 5) is 29.9. The molecule has 9 heteroatoms. The smallest absolute Gasteiger partial charge is 0.272 e. The van der Waals surface area contributed by atoms with E-state index in [-0.39, 0.29) is 11.4 Å². The summed E-state index contributed by atoms with van der Waals surface area (Å²) >= 11 is 1.57. The molecule has 0 saturated carbocycles. The minimum absolute atomic E-state index is 0.230. The summed E-state index contributed by atoms with van der Waals surface area (Å²) in [6, 6.07) is 12.3. The summed E-state index contributed by atoms with van der Waals surface area (Å²) < 4.78 is 14.8. The molecule has 4 aromatic rings. The highest BCUT2D eigenvalue weighted by Crippen LogP contribution is 2.55. The molecular weight excluding hydrogens is 434 g/mol. The molecule has 159 valence electrons. The Hall–Kier alpha value is -2.67. The van der Waals surface area contributed by atoms with Gasteiger partial charge in [0.25, 0.3) is 5.56 Å². The summed E-state index contributed by atoms with van der Waals surface area (Å²) in [6.07, 6.45) is 3.28. The van der Waals surface area contributed by atoms with E-state index in [4.69, 9.17) is 0 Å². The maximum atomic E-state index is 14.8. The van der Waals surface area contributed by atoms with Gasteiger partial charge in [0.15, 0.2) is 5.13 Å². The zero-order valence-corrected chi connectivity index (χ0v) is 18.4. The van der Waals surface area contributed by atoms with Crippen LogP contribution in [0.4, 0.5) is 9.52 Å². The molecule has 6 nitrogen and oxygen atoms in total. The first-order chi connectivity index (χ1) is 15.0. The Labute approximate surface area is 182 Å². The third-order valence-corrected chi connectivity index (χ3v) is 9.73. The van der Waals surface area contributed by atoms with Crippen molar-refractivity contribution in [2.45, 2.75) is 6.42 Å². The average molecular weight is 455 g/mol. The molecule has 0 amide bonds. The number of anilines is 1. The van der Waals surface area contributed by atoms with Crippen molar-refractivity contribution in [3.8, 4) is 0 Å². The van der Waals surface area contributed by atoms with Gasteiger partial charge in [0.05, 0.1) is 11.1 Å². The molecule has 1 aliphatic rings. The third kappa shape index (κ3) is 3.87. The van der Waals surface area contributed by atoms with Crippen LogP contribution in [0.25, 0.3) is 10.8 Å². The molecule has 31 heavy (non-hydrogen) atoms. The summed E-state index contributed by atoms with van der Waals surface area (Å²) in [5, 5.41) is 11.4. The van der Waals surface area contributed by atoms with Gasteiger partial charge in [-0.3, -0.25) is 4.79 Å². The van der Waals surface area contributed by atoms with E-state index in [2.05, 4.69) is 20.1 Å². The summed E-state index contributed by atoms with van der Waals surface area (Å²) in [6.45, 7) is 1.32. The number of thiazole rings is 1. The Morgan fingerprint density at radius 1 is 1.16 bits per heavy atom. The Balaban J connectivity index is 1.43. The van der Waals surface area contributed by atoms with Crippen molar-refractivity contribution in [3.05, 3.63) is 81.5 Å². The van der Waals surface area contributed by atoms with Crippen LogP contribution in [0.5, 0.6) is 0 Å². The molecule has 2 aromatic carbocycles. The van der Waals surface area contributed by atoms with E-state index in [1.165, 1.54) is 6.07 Å². The summed E-state index contributed by atoms with van der Waals surface area (Å²) in [5.41, 5.74) is 1.35. The number of hydrogen-bond donors (Lipinski definition) is 2. The fourth-order valence-corrected chi connectivity index (χ4v) is 7.51. The molecule has 1 saturated heterocycles. The molecule has 1 aliphatic heterocycles. The topological polar surface area (TPSA) is 82.1 Å². The van der Waals surface area contributed by atoms with Crippen LogP contribution in [0, 0.1) is 5.82 Å². The maximum absolute atomic E-state index is 14.8. The second-order valence-electron chi connectivity index (χ2n) is 7.68. The fourth-order valence-electron chi connectivity index (χ4n) is 4.09. The minimum Gasteiger partial charge on any atom is -0.375 e. The van der Waals surface area contributed by atoms with Crippen LogP contribution in [0.15, 0.2) is 58.8 Å². The fraction of sp³-hybridized carbons (Fsp3) is 0.227. The predicted molar refractivity (Wildman–Crippen MR) is 124 cm³/mol. The Morgan fingerprint density at radius 3 is 2.68 bits per heavy atom. The zero-order valence-electron chi connectivity index (χ0n) is 16.7. The van der Waals surface area contributed by atoms with Crippen molar-refractivity contribution in [2.24, 2.45) is 0 Å². The molecule has 5 rings (SSSR count). The Morgan fingerprint density at radius 2 is 1.94 bits per heavy atom. The normalized spacial score (nSPS) is 16.0. The van der Waals surface area contributed by atoms with Gasteiger partial charge >= 0.3 is 0 Å². The third-order valence-electron chi connectivity index (χ3n) is 5.78. The summed E-state index contributed by atoms with van der Waals surface area (Å²) in [7, 11) is -2.60. The zero-order chi connectivity index (χ0) is 21.4. The van der Waals surface area contributed by atoms with Gasteiger partial charge in [-0.15, -0.1) is 11.3 Å². The maximum Gasteiger partial charge on any atom is 0.272 e. The van der Waals surface area contributed by atoms with Gasteiger partial charge in [-0.25, -0.2) is 14.5 Å². The van der Waals surface area contributed by atoms with Gasteiger partial charge in [-0.2, -0.15) is 5.10 Å². The highest BCUT2D eigenvalue weighted by atomic mass is 32.1. The Bertz CT molecular complexity index is 1290. The number of rotatable bonds is 4. The molecule has 3 heterocycles. The standard InChI is InChI=1S/C22H21FN4O2PS/c23-18-6-5-15(13-19-16-3-1-2-4-17(16)21(28)26-25-19)14-20(18)30(29)10-8-27(9-11-30)22-24-7-12-31-22/h1-7,12,14,29H,8-11,13H2,(H,26,28). The van der Waals surface area contributed by atoms with E-state index in [0.29, 0.717) is 42.5 Å². The molecule has 0 unspecified atom stereocenters. The van der Waals surface area contributed by atoms with Crippen LogP contribution in [-0.4, -0.2) is 45.5 Å². The molecule has 1 radical (unpaired) electrons. The van der Waals surface area contributed by atoms with Crippen LogP contribution in [0.1, 0.15) is 11.3 Å². The number of aromatic amines is 1. The number of H-pyrrole nitrogens is 1. The first-order valence-electron chi connectivity index (χ1n) is 10.0. The molecule has 1 fully saturated rings. The number of nitrogens with zero attached hydrogens (tertiary/aromatic N) is 3. The molecule has 0 aliphatic carbocycles. The SMILES string of the molecule is O=c1[nH]nc(Cc2ccc(F)c([P]3(O)CCN(c4nccs4)CC3)c2)c2ccccc12. The molecule has 0 atom stereocenters. The van der Waals surface area contributed by atoms with Gasteiger partial charge in [0.2, 0.25) is 0 Å². The van der Waals surface area contributed by atoms with Crippen LogP contribution in [-0.2, 0) is 6.42 Å². The number of nitrogens with one attached hydrogen (secondary N) is 1. The van der Waals surface area contributed by atoms with Crippen molar-refractivity contribution in [1.82, 2.24) is 15.2 Å². The first-order valence-corrected chi connectivity index (χ1v) is 13.0. The monoisotopic (exact) mass is 455 g/mol. The van der Waals surface area contributed by atoms with E-state index >= 15 is 0 Å². The van der Waals surface area contributed by atoms with Crippen LogP contribution >= 0.6 is 18.8 Å². The summed E-state index contributed by atoms with van der Waals surface area (Å²) in [5.74, 6) is -0.360. The van der Waals surface area contributed by atoms with E-state index in [9.17, 15) is 14.1 Å². The average Bonchev–Trinajstić information content (AvgIpc) is 3.32. The minimum atomic E-state index is -2.60. The molecule has 2 aromatic heterocycles. The quantitative estimate of drug-likeness (QED) is 0.462. The largest absolute Gasteiger partial charge is 0.375 e. The van der Waals surface area contributed by atoms with Gasteiger partial charge in [-0.05, 0) is 23.8 Å². The highest BCUT2D eigenvalue weighted by Gasteiger charge is 2.35. The van der Waals surface area contributed by atoms with Crippen LogP contribution in [0.3, 0.4) is 0 Å².